The van der Waals surface area contributed by atoms with Crippen molar-refractivity contribution in [2.24, 2.45) is 5.41 Å². The first-order chi connectivity index (χ1) is 13.7. The summed E-state index contributed by atoms with van der Waals surface area (Å²) in [7, 11) is 0. The Morgan fingerprint density at radius 1 is 0.897 bits per heavy atom. The number of aliphatic hydroxyl groups is 1. The summed E-state index contributed by atoms with van der Waals surface area (Å²) >= 11 is 0. The van der Waals surface area contributed by atoms with Crippen molar-refractivity contribution in [1.29, 1.82) is 0 Å². The average Bonchev–Trinajstić information content (AvgIpc) is 2.59. The van der Waals surface area contributed by atoms with Crippen molar-refractivity contribution < 1.29 is 9.90 Å². The zero-order chi connectivity index (χ0) is 20.8. The molecule has 0 aromatic carbocycles. The van der Waals surface area contributed by atoms with Gasteiger partial charge in [-0.15, -0.1) is 0 Å². The van der Waals surface area contributed by atoms with Gasteiger partial charge in [-0.3, -0.25) is 9.69 Å². The third-order valence-corrected chi connectivity index (χ3v) is 8.17. The molecule has 29 heavy (non-hydrogen) atoms. The minimum absolute atomic E-state index is 0.166. The van der Waals surface area contributed by atoms with E-state index in [2.05, 4.69) is 42.4 Å². The van der Waals surface area contributed by atoms with Gasteiger partial charge in [0.05, 0.1) is 12.0 Å². The predicted molar refractivity (Wildman–Crippen MR) is 116 cm³/mol. The van der Waals surface area contributed by atoms with Gasteiger partial charge in [0.15, 0.2) is 0 Å². The number of hydrogen-bond donors (Lipinski definition) is 1. The molecule has 4 aliphatic heterocycles. The van der Waals surface area contributed by atoms with Crippen molar-refractivity contribution >= 4 is 5.91 Å². The predicted octanol–water partition coefficient (Wildman–Crippen LogP) is 1.63. The highest BCUT2D eigenvalue weighted by Crippen LogP contribution is 2.42. The molecule has 0 aromatic rings. The van der Waals surface area contributed by atoms with Crippen molar-refractivity contribution in [3.05, 3.63) is 0 Å². The summed E-state index contributed by atoms with van der Waals surface area (Å²) in [5.41, 5.74) is -0.435. The Hall–Kier alpha value is -0.690. The lowest BCUT2D eigenvalue weighted by atomic mass is 9.71. The minimum Gasteiger partial charge on any atom is -0.389 e. The van der Waals surface area contributed by atoms with Crippen molar-refractivity contribution in [3.63, 3.8) is 0 Å². The van der Waals surface area contributed by atoms with E-state index in [1.54, 1.807) is 0 Å². The Kier molecular flexibility index (Phi) is 6.02. The number of piperidine rings is 2. The van der Waals surface area contributed by atoms with Gasteiger partial charge in [-0.1, -0.05) is 0 Å². The summed E-state index contributed by atoms with van der Waals surface area (Å²) in [5.74, 6) is 0.166. The molecule has 0 bridgehead atoms. The van der Waals surface area contributed by atoms with Gasteiger partial charge in [-0.05, 0) is 66.5 Å². The topological polar surface area (TPSA) is 50.3 Å². The second-order valence-electron chi connectivity index (χ2n) is 11.0. The molecule has 166 valence electrons. The van der Waals surface area contributed by atoms with Crippen LogP contribution in [0.2, 0.25) is 0 Å². The molecule has 1 spiro atoms. The standard InChI is InChI=1S/C23H42N4O2/c1-18(2)24-9-5-20(6-10-24)26-14-22(15-26)16-27(17-22)21(28)13-23(29)7-11-25(12-8-23)19(3)4/h18-20,29H,5-17H2,1-4H3. The molecular weight excluding hydrogens is 364 g/mol. The van der Waals surface area contributed by atoms with E-state index < -0.39 is 5.60 Å². The van der Waals surface area contributed by atoms with Crippen LogP contribution < -0.4 is 0 Å². The quantitative estimate of drug-likeness (QED) is 0.752. The van der Waals surface area contributed by atoms with Gasteiger partial charge in [0, 0.05) is 62.8 Å². The molecule has 4 fully saturated rings. The third kappa shape index (κ3) is 4.51. The maximum absolute atomic E-state index is 12.8. The maximum atomic E-state index is 12.8. The Balaban J connectivity index is 1.17. The molecule has 0 aliphatic carbocycles. The summed E-state index contributed by atoms with van der Waals surface area (Å²) in [6.07, 6.45) is 4.33. The minimum atomic E-state index is -0.790. The molecule has 1 N–H and O–H groups in total. The molecule has 6 heteroatoms. The smallest absolute Gasteiger partial charge is 0.225 e. The molecule has 4 saturated heterocycles. The fraction of sp³-hybridized carbons (Fsp3) is 0.957. The Labute approximate surface area is 177 Å². The molecule has 4 heterocycles. The van der Waals surface area contributed by atoms with Crippen molar-refractivity contribution in [3.8, 4) is 0 Å². The molecule has 0 saturated carbocycles. The van der Waals surface area contributed by atoms with Crippen LogP contribution in [0, 0.1) is 5.41 Å². The van der Waals surface area contributed by atoms with Crippen LogP contribution in [0.25, 0.3) is 0 Å². The lowest BCUT2D eigenvalue weighted by Gasteiger charge is -2.62. The Bertz CT molecular complexity index is 578. The zero-order valence-electron chi connectivity index (χ0n) is 19.1. The third-order valence-electron chi connectivity index (χ3n) is 8.17. The van der Waals surface area contributed by atoms with Gasteiger partial charge in [-0.2, -0.15) is 0 Å². The van der Waals surface area contributed by atoms with Crippen LogP contribution in [0.3, 0.4) is 0 Å². The summed E-state index contributed by atoms with van der Waals surface area (Å²) in [4.78, 5) is 22.4. The van der Waals surface area contributed by atoms with E-state index in [1.165, 1.54) is 25.9 Å². The number of likely N-dealkylation sites (tertiary alicyclic amines) is 4. The van der Waals surface area contributed by atoms with Crippen LogP contribution >= 0.6 is 0 Å². The first kappa shape index (κ1) is 21.5. The van der Waals surface area contributed by atoms with Crippen molar-refractivity contribution in [2.75, 3.05) is 52.4 Å². The van der Waals surface area contributed by atoms with Gasteiger partial charge in [-0.25, -0.2) is 0 Å². The Morgan fingerprint density at radius 2 is 1.41 bits per heavy atom. The van der Waals surface area contributed by atoms with E-state index in [0.717, 1.165) is 58.2 Å². The number of carbonyl (C=O) groups is 1. The first-order valence-electron chi connectivity index (χ1n) is 11.9. The van der Waals surface area contributed by atoms with E-state index in [1.807, 2.05) is 4.90 Å². The molecule has 0 aromatic heterocycles. The van der Waals surface area contributed by atoms with Crippen LogP contribution in [-0.4, -0.2) is 107 Å². The van der Waals surface area contributed by atoms with E-state index >= 15 is 0 Å². The molecule has 0 atom stereocenters. The molecule has 0 unspecified atom stereocenters. The second kappa shape index (κ2) is 8.10. The number of rotatable bonds is 5. The van der Waals surface area contributed by atoms with E-state index in [-0.39, 0.29) is 5.91 Å². The van der Waals surface area contributed by atoms with Crippen LogP contribution in [0.4, 0.5) is 0 Å². The summed E-state index contributed by atoms with van der Waals surface area (Å²) in [5, 5.41) is 10.9. The highest BCUT2D eigenvalue weighted by atomic mass is 16.3. The highest BCUT2D eigenvalue weighted by Gasteiger charge is 2.55. The monoisotopic (exact) mass is 406 g/mol. The molecule has 0 radical (unpaired) electrons. The number of amides is 1. The molecule has 6 nitrogen and oxygen atoms in total. The SMILES string of the molecule is CC(C)N1CCC(N2CC3(CN(C(=O)CC4(O)CCN(C(C)C)CC4)C3)C2)CC1. The van der Waals surface area contributed by atoms with Crippen molar-refractivity contribution in [1.82, 2.24) is 19.6 Å². The maximum Gasteiger partial charge on any atom is 0.225 e. The number of nitrogens with zero attached hydrogens (tertiary/aromatic N) is 4. The van der Waals surface area contributed by atoms with Gasteiger partial charge in [0.2, 0.25) is 5.91 Å². The van der Waals surface area contributed by atoms with E-state index in [4.69, 9.17) is 0 Å². The lowest BCUT2D eigenvalue weighted by Crippen LogP contribution is -2.74. The fourth-order valence-electron chi connectivity index (χ4n) is 6.01. The van der Waals surface area contributed by atoms with Crippen LogP contribution in [0.15, 0.2) is 0 Å². The van der Waals surface area contributed by atoms with Crippen molar-refractivity contribution in [2.45, 2.75) is 83.5 Å². The molecule has 4 aliphatic rings. The summed E-state index contributed by atoms with van der Waals surface area (Å²) in [6, 6.07) is 1.93. The van der Waals surface area contributed by atoms with Gasteiger partial charge in [0.1, 0.15) is 0 Å². The van der Waals surface area contributed by atoms with E-state index in [9.17, 15) is 9.90 Å². The van der Waals surface area contributed by atoms with Crippen LogP contribution in [0.1, 0.15) is 59.8 Å². The Morgan fingerprint density at radius 3 is 1.93 bits per heavy atom. The zero-order valence-corrected chi connectivity index (χ0v) is 19.1. The summed E-state index contributed by atoms with van der Waals surface area (Å²) < 4.78 is 0. The molecule has 4 rings (SSSR count). The fourth-order valence-corrected chi connectivity index (χ4v) is 6.01. The molecular formula is C23H42N4O2. The van der Waals surface area contributed by atoms with E-state index in [0.29, 0.717) is 23.9 Å². The van der Waals surface area contributed by atoms with Gasteiger partial charge < -0.3 is 19.8 Å². The van der Waals surface area contributed by atoms with Gasteiger partial charge >= 0.3 is 0 Å². The number of carbonyl (C=O) groups excluding carboxylic acids is 1. The van der Waals surface area contributed by atoms with Crippen LogP contribution in [0.5, 0.6) is 0 Å². The van der Waals surface area contributed by atoms with Gasteiger partial charge in [0.25, 0.3) is 0 Å². The normalized spacial score (nSPS) is 28.7. The first-order valence-corrected chi connectivity index (χ1v) is 11.9. The number of hydrogen-bond acceptors (Lipinski definition) is 5. The molecule has 1 amide bonds. The average molecular weight is 407 g/mol. The second-order valence-corrected chi connectivity index (χ2v) is 11.0. The largest absolute Gasteiger partial charge is 0.389 e. The summed E-state index contributed by atoms with van der Waals surface area (Å²) in [6.45, 7) is 17.4. The highest BCUT2D eigenvalue weighted by molar-refractivity contribution is 5.78. The lowest BCUT2D eigenvalue weighted by molar-refractivity contribution is -0.170. The van der Waals surface area contributed by atoms with Crippen LogP contribution in [-0.2, 0) is 4.79 Å².